The van der Waals surface area contributed by atoms with Crippen LogP contribution >= 0.6 is 15.9 Å². The molecule has 0 saturated carbocycles. The molecule has 1 atom stereocenters. The quantitative estimate of drug-likeness (QED) is 0.799. The van der Waals surface area contributed by atoms with Crippen LogP contribution in [0, 0.1) is 5.82 Å². The highest BCUT2D eigenvalue weighted by atomic mass is 79.9. The maximum absolute atomic E-state index is 13.1. The van der Waals surface area contributed by atoms with Crippen molar-refractivity contribution in [1.82, 2.24) is 4.98 Å². The number of ether oxygens (including phenoxy) is 2. The van der Waals surface area contributed by atoms with Gasteiger partial charge in [0, 0.05) is 13.1 Å². The standard InChI is InChI=1S/C18H19BrFN3O3/c1-12(26-16-4-2-13(20)10-15(16)19)18(24)22-17-5-3-14(11-21-17)23-6-8-25-9-7-23/h2-5,10-12H,6-9H2,1H3,(H,21,22,24). The number of carbonyl (C=O) groups is 1. The van der Waals surface area contributed by atoms with Crippen LogP contribution in [0.5, 0.6) is 5.75 Å². The summed E-state index contributed by atoms with van der Waals surface area (Å²) < 4.78 is 24.5. The third-order valence-corrected chi connectivity index (χ3v) is 4.56. The molecule has 1 fully saturated rings. The van der Waals surface area contributed by atoms with Crippen molar-refractivity contribution in [2.75, 3.05) is 36.5 Å². The molecule has 0 bridgehead atoms. The van der Waals surface area contributed by atoms with Crippen molar-refractivity contribution < 1.29 is 18.7 Å². The number of benzene rings is 1. The van der Waals surface area contributed by atoms with E-state index >= 15 is 0 Å². The molecule has 1 aromatic heterocycles. The van der Waals surface area contributed by atoms with Gasteiger partial charge in [0.05, 0.1) is 29.6 Å². The number of rotatable bonds is 5. The molecule has 1 aromatic carbocycles. The maximum Gasteiger partial charge on any atom is 0.266 e. The summed E-state index contributed by atoms with van der Waals surface area (Å²) in [5.41, 5.74) is 0.992. The number of halogens is 2. The van der Waals surface area contributed by atoms with E-state index in [9.17, 15) is 9.18 Å². The van der Waals surface area contributed by atoms with Crippen LogP contribution in [0.3, 0.4) is 0 Å². The molecule has 0 aliphatic carbocycles. The highest BCUT2D eigenvalue weighted by Gasteiger charge is 2.17. The first kappa shape index (κ1) is 18.6. The summed E-state index contributed by atoms with van der Waals surface area (Å²) in [5.74, 6) is 0.115. The van der Waals surface area contributed by atoms with Crippen molar-refractivity contribution in [3.05, 3.63) is 46.8 Å². The number of amides is 1. The Morgan fingerprint density at radius 1 is 1.35 bits per heavy atom. The molecule has 138 valence electrons. The first-order valence-electron chi connectivity index (χ1n) is 8.24. The smallest absolute Gasteiger partial charge is 0.266 e. The summed E-state index contributed by atoms with van der Waals surface area (Å²) in [6, 6.07) is 7.69. The van der Waals surface area contributed by atoms with Gasteiger partial charge in [-0.3, -0.25) is 4.79 Å². The van der Waals surface area contributed by atoms with E-state index in [2.05, 4.69) is 31.1 Å². The molecule has 26 heavy (non-hydrogen) atoms. The van der Waals surface area contributed by atoms with E-state index in [1.165, 1.54) is 18.2 Å². The predicted octanol–water partition coefficient (Wildman–Crippen LogP) is 3.23. The van der Waals surface area contributed by atoms with Gasteiger partial charge in [-0.1, -0.05) is 0 Å². The molecule has 1 amide bonds. The molecule has 1 saturated heterocycles. The molecule has 0 radical (unpaired) electrons. The zero-order valence-electron chi connectivity index (χ0n) is 14.2. The van der Waals surface area contributed by atoms with Crippen LogP contribution in [0.2, 0.25) is 0 Å². The van der Waals surface area contributed by atoms with Crippen molar-refractivity contribution in [2.45, 2.75) is 13.0 Å². The minimum absolute atomic E-state index is 0.340. The number of pyridine rings is 1. The highest BCUT2D eigenvalue weighted by Crippen LogP contribution is 2.26. The van der Waals surface area contributed by atoms with Crippen LogP contribution in [-0.2, 0) is 9.53 Å². The van der Waals surface area contributed by atoms with E-state index in [1.807, 2.05) is 6.07 Å². The van der Waals surface area contributed by atoms with Gasteiger partial charge in [-0.25, -0.2) is 9.37 Å². The van der Waals surface area contributed by atoms with E-state index in [-0.39, 0.29) is 11.7 Å². The largest absolute Gasteiger partial charge is 0.480 e. The number of hydrogen-bond donors (Lipinski definition) is 1. The Kier molecular flexibility index (Phi) is 6.05. The van der Waals surface area contributed by atoms with Crippen LogP contribution in [0.15, 0.2) is 41.0 Å². The molecule has 1 N–H and O–H groups in total. The second-order valence-corrected chi connectivity index (χ2v) is 6.68. The second kappa shape index (κ2) is 8.46. The number of morpholine rings is 1. The van der Waals surface area contributed by atoms with Crippen molar-refractivity contribution in [3.63, 3.8) is 0 Å². The lowest BCUT2D eigenvalue weighted by Crippen LogP contribution is -2.36. The molecule has 1 aliphatic rings. The molecule has 0 spiro atoms. The Morgan fingerprint density at radius 3 is 2.77 bits per heavy atom. The topological polar surface area (TPSA) is 63.7 Å². The fourth-order valence-corrected chi connectivity index (χ4v) is 2.96. The molecule has 1 unspecified atom stereocenters. The van der Waals surface area contributed by atoms with Gasteiger partial charge in [-0.05, 0) is 53.2 Å². The number of nitrogens with zero attached hydrogens (tertiary/aromatic N) is 2. The van der Waals surface area contributed by atoms with Gasteiger partial charge < -0.3 is 19.7 Å². The third kappa shape index (κ3) is 4.70. The summed E-state index contributed by atoms with van der Waals surface area (Å²) in [5, 5.41) is 2.72. The number of anilines is 2. The first-order chi connectivity index (χ1) is 12.5. The van der Waals surface area contributed by atoms with E-state index in [4.69, 9.17) is 9.47 Å². The van der Waals surface area contributed by atoms with Crippen LogP contribution in [0.25, 0.3) is 0 Å². The number of hydrogen-bond acceptors (Lipinski definition) is 5. The normalized spacial score (nSPS) is 15.4. The predicted molar refractivity (Wildman–Crippen MR) is 100 cm³/mol. The van der Waals surface area contributed by atoms with E-state index in [0.717, 1.165) is 18.8 Å². The summed E-state index contributed by atoms with van der Waals surface area (Å²) in [4.78, 5) is 18.8. The summed E-state index contributed by atoms with van der Waals surface area (Å²) in [7, 11) is 0. The zero-order valence-corrected chi connectivity index (χ0v) is 15.8. The van der Waals surface area contributed by atoms with Gasteiger partial charge in [0.25, 0.3) is 5.91 Å². The molecule has 2 aromatic rings. The fourth-order valence-electron chi connectivity index (χ4n) is 2.51. The van der Waals surface area contributed by atoms with Gasteiger partial charge in [0.2, 0.25) is 0 Å². The van der Waals surface area contributed by atoms with Gasteiger partial charge in [-0.15, -0.1) is 0 Å². The number of nitrogens with one attached hydrogen (secondary N) is 1. The fraction of sp³-hybridized carbons (Fsp3) is 0.333. The average Bonchev–Trinajstić information content (AvgIpc) is 2.65. The SMILES string of the molecule is CC(Oc1ccc(F)cc1Br)C(=O)Nc1ccc(N2CCOCC2)cn1. The first-order valence-corrected chi connectivity index (χ1v) is 9.03. The van der Waals surface area contributed by atoms with E-state index in [0.29, 0.717) is 29.3 Å². The van der Waals surface area contributed by atoms with Gasteiger partial charge in [0.15, 0.2) is 6.10 Å². The van der Waals surface area contributed by atoms with Crippen molar-refractivity contribution in [1.29, 1.82) is 0 Å². The molecule has 3 rings (SSSR count). The monoisotopic (exact) mass is 423 g/mol. The third-order valence-electron chi connectivity index (χ3n) is 3.94. The average molecular weight is 424 g/mol. The molecule has 1 aliphatic heterocycles. The Labute approximate surface area is 159 Å². The second-order valence-electron chi connectivity index (χ2n) is 5.83. The van der Waals surface area contributed by atoms with Crippen molar-refractivity contribution in [2.24, 2.45) is 0 Å². The van der Waals surface area contributed by atoms with Crippen LogP contribution < -0.4 is 15.0 Å². The van der Waals surface area contributed by atoms with E-state index < -0.39 is 6.10 Å². The van der Waals surface area contributed by atoms with Gasteiger partial charge in [-0.2, -0.15) is 0 Å². The van der Waals surface area contributed by atoms with Gasteiger partial charge in [0.1, 0.15) is 17.4 Å². The molecular formula is C18H19BrFN3O3. The minimum atomic E-state index is -0.766. The number of aromatic nitrogens is 1. The lowest BCUT2D eigenvalue weighted by Gasteiger charge is -2.28. The molecule has 6 nitrogen and oxygen atoms in total. The maximum atomic E-state index is 13.1. The van der Waals surface area contributed by atoms with Crippen LogP contribution in [0.4, 0.5) is 15.9 Å². The Bertz CT molecular complexity index is 767. The lowest BCUT2D eigenvalue weighted by atomic mass is 10.3. The Hall–Kier alpha value is -2.19. The summed E-state index contributed by atoms with van der Waals surface area (Å²) in [6.07, 6.45) is 0.959. The molecule has 2 heterocycles. The lowest BCUT2D eigenvalue weighted by molar-refractivity contribution is -0.122. The van der Waals surface area contributed by atoms with Crippen LogP contribution in [0.1, 0.15) is 6.92 Å². The van der Waals surface area contributed by atoms with Crippen LogP contribution in [-0.4, -0.2) is 43.3 Å². The van der Waals surface area contributed by atoms with Crippen molar-refractivity contribution in [3.8, 4) is 5.75 Å². The molecular weight excluding hydrogens is 405 g/mol. The highest BCUT2D eigenvalue weighted by molar-refractivity contribution is 9.10. The summed E-state index contributed by atoms with van der Waals surface area (Å²) in [6.45, 7) is 4.67. The van der Waals surface area contributed by atoms with Gasteiger partial charge >= 0.3 is 0 Å². The zero-order chi connectivity index (χ0) is 18.5. The van der Waals surface area contributed by atoms with Crippen molar-refractivity contribution >= 4 is 33.3 Å². The minimum Gasteiger partial charge on any atom is -0.480 e. The Balaban J connectivity index is 1.58. The Morgan fingerprint density at radius 2 is 2.12 bits per heavy atom. The summed E-state index contributed by atoms with van der Waals surface area (Å²) >= 11 is 3.21. The number of carbonyl (C=O) groups excluding carboxylic acids is 1. The van der Waals surface area contributed by atoms with E-state index in [1.54, 1.807) is 19.2 Å². The molecule has 8 heteroatoms.